The van der Waals surface area contributed by atoms with Crippen molar-refractivity contribution < 1.29 is 9.47 Å². The van der Waals surface area contributed by atoms with E-state index in [4.69, 9.17) is 9.47 Å². The normalized spacial score (nSPS) is 12.1. The highest BCUT2D eigenvalue weighted by Gasteiger charge is 1.94. The van der Waals surface area contributed by atoms with E-state index in [-0.39, 0.29) is 6.29 Å². The molecular formula is C7H12O2. The lowest BCUT2D eigenvalue weighted by Gasteiger charge is -2.09. The van der Waals surface area contributed by atoms with Crippen LogP contribution in [0.25, 0.3) is 0 Å². The smallest absolute Gasteiger partial charge is 0.196 e. The second-order valence-corrected chi connectivity index (χ2v) is 1.49. The van der Waals surface area contributed by atoms with Crippen LogP contribution < -0.4 is 0 Å². The summed E-state index contributed by atoms with van der Waals surface area (Å²) in [5.41, 5.74) is 0. The zero-order valence-corrected chi connectivity index (χ0v) is 5.67. The first-order valence-corrected chi connectivity index (χ1v) is 2.80. The number of hydrogen-bond donors (Lipinski definition) is 0. The third-order valence-electron chi connectivity index (χ3n) is 0.737. The summed E-state index contributed by atoms with van der Waals surface area (Å²) in [4.78, 5) is 0. The molecule has 0 spiro atoms. The lowest BCUT2D eigenvalue weighted by Crippen LogP contribution is -2.08. The Bertz CT molecular complexity index is 88.9. The molecule has 9 heavy (non-hydrogen) atoms. The van der Waals surface area contributed by atoms with Gasteiger partial charge in [-0.25, -0.2) is 0 Å². The fraction of sp³-hybridized carbons (Fsp3) is 0.429. The standard InChI is InChI=1S/C7H12O2/c1-4-6-9-7(3)8-5-2/h4-5,7H,1-2,6H2,3H3. The molecule has 0 aromatic heterocycles. The summed E-state index contributed by atoms with van der Waals surface area (Å²) in [6, 6.07) is 0. The van der Waals surface area contributed by atoms with Gasteiger partial charge in [0.15, 0.2) is 6.29 Å². The number of rotatable bonds is 5. The van der Waals surface area contributed by atoms with E-state index in [1.807, 2.05) is 0 Å². The van der Waals surface area contributed by atoms with Crippen molar-refractivity contribution in [2.75, 3.05) is 6.61 Å². The van der Waals surface area contributed by atoms with Crippen molar-refractivity contribution in [2.45, 2.75) is 13.2 Å². The maximum Gasteiger partial charge on any atom is 0.196 e. The van der Waals surface area contributed by atoms with Crippen molar-refractivity contribution in [3.8, 4) is 0 Å². The van der Waals surface area contributed by atoms with E-state index in [0.29, 0.717) is 6.61 Å². The van der Waals surface area contributed by atoms with Crippen molar-refractivity contribution in [3.05, 3.63) is 25.5 Å². The first kappa shape index (κ1) is 8.24. The van der Waals surface area contributed by atoms with Gasteiger partial charge in [0.05, 0.1) is 12.9 Å². The van der Waals surface area contributed by atoms with E-state index in [1.165, 1.54) is 6.26 Å². The molecule has 52 valence electrons. The van der Waals surface area contributed by atoms with Crippen molar-refractivity contribution in [2.24, 2.45) is 0 Å². The average Bonchev–Trinajstić information content (AvgIpc) is 1.85. The van der Waals surface area contributed by atoms with Gasteiger partial charge in [0.1, 0.15) is 0 Å². The third-order valence-corrected chi connectivity index (χ3v) is 0.737. The molecule has 0 radical (unpaired) electrons. The molecule has 0 saturated carbocycles. The Hall–Kier alpha value is -0.760. The minimum atomic E-state index is -0.222. The predicted octanol–water partition coefficient (Wildman–Crippen LogP) is 1.70. The second-order valence-electron chi connectivity index (χ2n) is 1.49. The van der Waals surface area contributed by atoms with Crippen LogP contribution in [-0.4, -0.2) is 12.9 Å². The average molecular weight is 128 g/mol. The second kappa shape index (κ2) is 5.38. The number of ether oxygens (including phenoxy) is 2. The summed E-state index contributed by atoms with van der Waals surface area (Å²) in [5.74, 6) is 0. The van der Waals surface area contributed by atoms with E-state index >= 15 is 0 Å². The van der Waals surface area contributed by atoms with Crippen molar-refractivity contribution in [1.82, 2.24) is 0 Å². The minimum Gasteiger partial charge on any atom is -0.473 e. The van der Waals surface area contributed by atoms with Crippen LogP contribution in [0.15, 0.2) is 25.5 Å². The first-order valence-electron chi connectivity index (χ1n) is 2.80. The first-order chi connectivity index (χ1) is 4.31. The van der Waals surface area contributed by atoms with Gasteiger partial charge < -0.3 is 9.47 Å². The van der Waals surface area contributed by atoms with Gasteiger partial charge in [0.25, 0.3) is 0 Å². The lowest BCUT2D eigenvalue weighted by atomic mass is 10.7. The van der Waals surface area contributed by atoms with Crippen molar-refractivity contribution in [3.63, 3.8) is 0 Å². The van der Waals surface area contributed by atoms with Gasteiger partial charge in [-0.1, -0.05) is 12.7 Å². The molecule has 0 aliphatic heterocycles. The highest BCUT2D eigenvalue weighted by molar-refractivity contribution is 4.64. The van der Waals surface area contributed by atoms with Crippen LogP contribution in [0, 0.1) is 0 Å². The molecule has 1 atom stereocenters. The SMILES string of the molecule is C=CCOC(C)OC=C. The summed E-state index contributed by atoms with van der Waals surface area (Å²) in [6.07, 6.45) is 2.80. The molecule has 0 aromatic carbocycles. The molecule has 2 nitrogen and oxygen atoms in total. The van der Waals surface area contributed by atoms with Gasteiger partial charge in [0, 0.05) is 0 Å². The molecule has 0 N–H and O–H groups in total. The van der Waals surface area contributed by atoms with E-state index in [9.17, 15) is 0 Å². The quantitative estimate of drug-likeness (QED) is 0.318. The molecule has 2 heteroatoms. The Morgan fingerprint density at radius 1 is 1.56 bits per heavy atom. The van der Waals surface area contributed by atoms with Crippen LogP contribution in [0.1, 0.15) is 6.92 Å². The Morgan fingerprint density at radius 2 is 2.22 bits per heavy atom. The summed E-state index contributed by atoms with van der Waals surface area (Å²) in [7, 11) is 0. The van der Waals surface area contributed by atoms with Crippen LogP contribution in [0.2, 0.25) is 0 Å². The minimum absolute atomic E-state index is 0.222. The Balaban J connectivity index is 3.14. The summed E-state index contributed by atoms with van der Waals surface area (Å²) < 4.78 is 9.86. The van der Waals surface area contributed by atoms with Crippen LogP contribution in [-0.2, 0) is 9.47 Å². The van der Waals surface area contributed by atoms with Crippen LogP contribution in [0.5, 0.6) is 0 Å². The molecule has 0 bridgehead atoms. The Kier molecular flexibility index (Phi) is 4.92. The monoisotopic (exact) mass is 128 g/mol. The summed E-state index contributed by atoms with van der Waals surface area (Å²) in [5, 5.41) is 0. The summed E-state index contributed by atoms with van der Waals surface area (Å²) in [6.45, 7) is 9.17. The number of hydrogen-bond acceptors (Lipinski definition) is 2. The molecule has 0 aliphatic rings. The third kappa shape index (κ3) is 5.11. The van der Waals surface area contributed by atoms with Gasteiger partial charge in [-0.2, -0.15) is 0 Å². The Labute approximate surface area is 55.8 Å². The zero-order chi connectivity index (χ0) is 7.11. The van der Waals surface area contributed by atoms with Crippen LogP contribution >= 0.6 is 0 Å². The Morgan fingerprint density at radius 3 is 2.67 bits per heavy atom. The molecule has 0 aliphatic carbocycles. The molecule has 0 aromatic rings. The van der Waals surface area contributed by atoms with Crippen LogP contribution in [0.4, 0.5) is 0 Å². The van der Waals surface area contributed by atoms with E-state index < -0.39 is 0 Å². The van der Waals surface area contributed by atoms with Gasteiger partial charge >= 0.3 is 0 Å². The highest BCUT2D eigenvalue weighted by Crippen LogP contribution is 1.92. The van der Waals surface area contributed by atoms with Crippen LogP contribution in [0.3, 0.4) is 0 Å². The maximum atomic E-state index is 5.02. The molecule has 0 heterocycles. The molecule has 0 amide bonds. The van der Waals surface area contributed by atoms with Gasteiger partial charge in [-0.15, -0.1) is 6.58 Å². The zero-order valence-electron chi connectivity index (χ0n) is 5.67. The largest absolute Gasteiger partial charge is 0.473 e. The topological polar surface area (TPSA) is 18.5 Å². The maximum absolute atomic E-state index is 5.02. The molecule has 0 saturated heterocycles. The molecule has 0 rings (SSSR count). The van der Waals surface area contributed by atoms with Crippen molar-refractivity contribution in [1.29, 1.82) is 0 Å². The lowest BCUT2D eigenvalue weighted by molar-refractivity contribution is -0.0821. The van der Waals surface area contributed by atoms with Gasteiger partial charge in [-0.3, -0.25) is 0 Å². The molecular weight excluding hydrogens is 116 g/mol. The highest BCUT2D eigenvalue weighted by atomic mass is 16.7. The van der Waals surface area contributed by atoms with Crippen molar-refractivity contribution >= 4 is 0 Å². The molecule has 0 fully saturated rings. The van der Waals surface area contributed by atoms with Gasteiger partial charge in [0.2, 0.25) is 0 Å². The van der Waals surface area contributed by atoms with E-state index in [0.717, 1.165) is 0 Å². The fourth-order valence-corrected chi connectivity index (χ4v) is 0.378. The van der Waals surface area contributed by atoms with Gasteiger partial charge in [-0.05, 0) is 6.92 Å². The van der Waals surface area contributed by atoms with E-state index in [2.05, 4.69) is 13.2 Å². The predicted molar refractivity (Wildman–Crippen MR) is 36.9 cm³/mol. The van der Waals surface area contributed by atoms with E-state index in [1.54, 1.807) is 13.0 Å². The summed E-state index contributed by atoms with van der Waals surface area (Å²) >= 11 is 0. The fourth-order valence-electron chi connectivity index (χ4n) is 0.378. The molecule has 1 unspecified atom stereocenters.